The van der Waals surface area contributed by atoms with Crippen LogP contribution in [0.25, 0.3) is 0 Å². The number of nitrogens with one attached hydrogen (secondary N) is 2. The summed E-state index contributed by atoms with van der Waals surface area (Å²) in [6, 6.07) is 0. The molecule has 18 heavy (non-hydrogen) atoms. The molecule has 0 radical (unpaired) electrons. The third kappa shape index (κ3) is 4.64. The third-order valence-corrected chi connectivity index (χ3v) is 4.44. The van der Waals surface area contributed by atoms with Crippen LogP contribution in [0.2, 0.25) is 0 Å². The Labute approximate surface area is 109 Å². The molecule has 0 fully saturated rings. The minimum Gasteiger partial charge on any atom is -0.308 e. The summed E-state index contributed by atoms with van der Waals surface area (Å²) in [6.07, 6.45) is 0. The summed E-state index contributed by atoms with van der Waals surface area (Å²) in [5, 5.41) is 9.64. The van der Waals surface area contributed by atoms with Crippen LogP contribution in [0, 0.1) is 0 Å². The second kappa shape index (κ2) is 6.18. The highest BCUT2D eigenvalue weighted by Crippen LogP contribution is 2.19. The molecule has 0 saturated heterocycles. The van der Waals surface area contributed by atoms with Crippen molar-refractivity contribution < 1.29 is 13.2 Å². The Hall–Kier alpha value is -1.10. The number of rotatable bonds is 6. The Morgan fingerprint density at radius 2 is 2.06 bits per heavy atom. The summed E-state index contributed by atoms with van der Waals surface area (Å²) < 4.78 is 25.8. The van der Waals surface area contributed by atoms with Crippen molar-refractivity contribution in [1.29, 1.82) is 0 Å². The number of aromatic nitrogens is 2. The van der Waals surface area contributed by atoms with Crippen LogP contribution in [0.5, 0.6) is 0 Å². The van der Waals surface area contributed by atoms with E-state index in [2.05, 4.69) is 20.2 Å². The van der Waals surface area contributed by atoms with Crippen LogP contribution in [0.3, 0.4) is 0 Å². The van der Waals surface area contributed by atoms with Gasteiger partial charge in [0.15, 0.2) is 0 Å². The molecule has 0 bridgehead atoms. The quantitative estimate of drug-likeness (QED) is 0.675. The molecular weight excluding hydrogens is 278 g/mol. The van der Waals surface area contributed by atoms with Crippen molar-refractivity contribution in [2.24, 2.45) is 0 Å². The Balaban J connectivity index is 2.67. The first-order chi connectivity index (χ1) is 8.31. The van der Waals surface area contributed by atoms with Gasteiger partial charge in [-0.25, -0.2) is 13.1 Å². The van der Waals surface area contributed by atoms with Crippen LogP contribution in [-0.2, 0) is 14.8 Å². The SMILES string of the molecule is CC(=O)Nc1nnc(S(=O)(=O)NCCN(C)C)s1. The molecule has 0 aliphatic rings. The van der Waals surface area contributed by atoms with Crippen LogP contribution in [0.15, 0.2) is 4.34 Å². The lowest BCUT2D eigenvalue weighted by Gasteiger charge is -2.09. The van der Waals surface area contributed by atoms with Gasteiger partial charge in [-0.2, -0.15) is 0 Å². The van der Waals surface area contributed by atoms with Crippen molar-refractivity contribution in [1.82, 2.24) is 19.8 Å². The Morgan fingerprint density at radius 1 is 1.39 bits per heavy atom. The number of hydrogen-bond donors (Lipinski definition) is 2. The fourth-order valence-electron chi connectivity index (χ4n) is 0.985. The van der Waals surface area contributed by atoms with Gasteiger partial charge in [-0.3, -0.25) is 4.79 Å². The van der Waals surface area contributed by atoms with Gasteiger partial charge < -0.3 is 10.2 Å². The molecule has 10 heteroatoms. The summed E-state index contributed by atoms with van der Waals surface area (Å²) in [4.78, 5) is 12.6. The molecule has 0 atom stereocenters. The van der Waals surface area contributed by atoms with Crippen molar-refractivity contribution in [3.05, 3.63) is 0 Å². The van der Waals surface area contributed by atoms with Gasteiger partial charge in [0.25, 0.3) is 10.0 Å². The first-order valence-electron chi connectivity index (χ1n) is 5.07. The largest absolute Gasteiger partial charge is 0.308 e. The Kier molecular flexibility index (Phi) is 5.14. The maximum absolute atomic E-state index is 11.8. The highest BCUT2D eigenvalue weighted by Gasteiger charge is 2.19. The highest BCUT2D eigenvalue weighted by atomic mass is 32.2. The minimum atomic E-state index is -3.65. The van der Waals surface area contributed by atoms with E-state index in [1.165, 1.54) is 6.92 Å². The topological polar surface area (TPSA) is 104 Å². The van der Waals surface area contributed by atoms with Crippen LogP contribution in [0.4, 0.5) is 5.13 Å². The van der Waals surface area contributed by atoms with Gasteiger partial charge >= 0.3 is 0 Å². The second-order valence-electron chi connectivity index (χ2n) is 3.76. The van der Waals surface area contributed by atoms with Crippen LogP contribution < -0.4 is 10.0 Å². The molecule has 0 aromatic carbocycles. The van der Waals surface area contributed by atoms with Crippen molar-refractivity contribution in [3.8, 4) is 0 Å². The molecule has 8 nitrogen and oxygen atoms in total. The molecule has 0 saturated carbocycles. The summed E-state index contributed by atoms with van der Waals surface area (Å²) in [5.41, 5.74) is 0. The predicted octanol–water partition coefficient (Wildman–Crippen LogP) is -0.664. The van der Waals surface area contributed by atoms with Gasteiger partial charge in [-0.15, -0.1) is 10.2 Å². The molecule has 0 unspecified atom stereocenters. The Morgan fingerprint density at radius 3 is 2.61 bits per heavy atom. The molecule has 0 aliphatic heterocycles. The monoisotopic (exact) mass is 293 g/mol. The van der Waals surface area contributed by atoms with E-state index in [9.17, 15) is 13.2 Å². The smallest absolute Gasteiger partial charge is 0.269 e. The number of likely N-dealkylation sites (N-methyl/N-ethyl adjacent to an activating group) is 1. The predicted molar refractivity (Wildman–Crippen MR) is 68.0 cm³/mol. The van der Waals surface area contributed by atoms with E-state index >= 15 is 0 Å². The zero-order chi connectivity index (χ0) is 13.8. The number of hydrogen-bond acceptors (Lipinski definition) is 7. The molecule has 0 spiro atoms. The van der Waals surface area contributed by atoms with Crippen molar-refractivity contribution in [2.45, 2.75) is 11.3 Å². The molecule has 1 heterocycles. The second-order valence-corrected chi connectivity index (χ2v) is 6.67. The molecule has 1 amide bonds. The molecule has 1 aromatic heterocycles. The highest BCUT2D eigenvalue weighted by molar-refractivity contribution is 7.91. The van der Waals surface area contributed by atoms with Gasteiger partial charge in [-0.1, -0.05) is 11.3 Å². The number of sulfonamides is 1. The van der Waals surface area contributed by atoms with E-state index in [0.717, 1.165) is 11.3 Å². The number of anilines is 1. The average molecular weight is 293 g/mol. The number of nitrogens with zero attached hydrogens (tertiary/aromatic N) is 3. The van der Waals surface area contributed by atoms with Gasteiger partial charge in [0.05, 0.1) is 0 Å². The van der Waals surface area contributed by atoms with Gasteiger partial charge in [0.1, 0.15) is 0 Å². The summed E-state index contributed by atoms with van der Waals surface area (Å²) in [6.45, 7) is 2.17. The molecule has 2 N–H and O–H groups in total. The van der Waals surface area contributed by atoms with Gasteiger partial charge in [0.2, 0.25) is 15.4 Å². The first-order valence-corrected chi connectivity index (χ1v) is 7.37. The van der Waals surface area contributed by atoms with Crippen LogP contribution in [0.1, 0.15) is 6.92 Å². The summed E-state index contributed by atoms with van der Waals surface area (Å²) >= 11 is 0.809. The van der Waals surface area contributed by atoms with Crippen molar-refractivity contribution in [2.75, 3.05) is 32.5 Å². The normalized spacial score (nSPS) is 11.8. The number of amides is 1. The lowest BCUT2D eigenvalue weighted by molar-refractivity contribution is -0.114. The van der Waals surface area contributed by atoms with E-state index in [1.54, 1.807) is 0 Å². The van der Waals surface area contributed by atoms with E-state index in [-0.39, 0.29) is 21.9 Å². The fraction of sp³-hybridized carbons (Fsp3) is 0.625. The molecule has 0 aliphatic carbocycles. The molecule has 1 rings (SSSR count). The Bertz CT molecular complexity index is 511. The van der Waals surface area contributed by atoms with Crippen molar-refractivity contribution in [3.63, 3.8) is 0 Å². The lowest BCUT2D eigenvalue weighted by Crippen LogP contribution is -2.31. The minimum absolute atomic E-state index is 0.162. The zero-order valence-corrected chi connectivity index (χ0v) is 11.9. The van der Waals surface area contributed by atoms with Crippen LogP contribution in [-0.4, -0.2) is 56.6 Å². The third-order valence-electron chi connectivity index (χ3n) is 1.77. The van der Waals surface area contributed by atoms with E-state index in [1.807, 2.05) is 19.0 Å². The number of carbonyl (C=O) groups is 1. The number of carbonyl (C=O) groups excluding carboxylic acids is 1. The maximum Gasteiger partial charge on any atom is 0.269 e. The summed E-state index contributed by atoms with van der Waals surface area (Å²) in [7, 11) is 0.0288. The zero-order valence-electron chi connectivity index (χ0n) is 10.3. The van der Waals surface area contributed by atoms with Crippen LogP contribution >= 0.6 is 11.3 Å². The standard InChI is InChI=1S/C8H15N5O3S2/c1-6(14)10-7-11-12-8(17-7)18(15,16)9-4-5-13(2)3/h9H,4-5H2,1-3H3,(H,10,11,14). The first kappa shape index (κ1) is 15.0. The lowest BCUT2D eigenvalue weighted by atomic mass is 10.6. The maximum atomic E-state index is 11.8. The van der Waals surface area contributed by atoms with Gasteiger partial charge in [-0.05, 0) is 14.1 Å². The van der Waals surface area contributed by atoms with Gasteiger partial charge in [0, 0.05) is 20.0 Å². The fourth-order valence-corrected chi connectivity index (χ4v) is 2.99. The van der Waals surface area contributed by atoms with E-state index in [4.69, 9.17) is 0 Å². The molecular formula is C8H15N5O3S2. The average Bonchev–Trinajstić information content (AvgIpc) is 2.64. The van der Waals surface area contributed by atoms with Crippen molar-refractivity contribution >= 4 is 32.4 Å². The van der Waals surface area contributed by atoms with E-state index in [0.29, 0.717) is 6.54 Å². The summed E-state index contributed by atoms with van der Waals surface area (Å²) in [5.74, 6) is -0.323. The molecule has 102 valence electrons. The molecule has 1 aromatic rings. The van der Waals surface area contributed by atoms with E-state index < -0.39 is 10.0 Å².